The molecule has 2 fully saturated rings. The number of amides is 4. The van der Waals surface area contributed by atoms with Gasteiger partial charge in [-0.15, -0.1) is 0 Å². The minimum absolute atomic E-state index is 0.0348. The number of hydrogen-bond donors (Lipinski definition) is 0. The maximum absolute atomic E-state index is 13.4. The van der Waals surface area contributed by atoms with Gasteiger partial charge in [-0.2, -0.15) is 0 Å². The van der Waals surface area contributed by atoms with E-state index in [-0.39, 0.29) is 18.2 Å². The van der Waals surface area contributed by atoms with Gasteiger partial charge in [-0.25, -0.2) is 4.79 Å². The van der Waals surface area contributed by atoms with Crippen LogP contribution in [0.1, 0.15) is 19.4 Å². The highest BCUT2D eigenvalue weighted by molar-refractivity contribution is 6.20. The third-order valence-corrected chi connectivity index (χ3v) is 6.19. The molecule has 4 rings (SSSR count). The summed E-state index contributed by atoms with van der Waals surface area (Å²) < 4.78 is 5.98. The van der Waals surface area contributed by atoms with Gasteiger partial charge >= 0.3 is 6.03 Å². The number of benzene rings is 1. The number of rotatable bonds is 1. The molecule has 1 aromatic rings. The van der Waals surface area contributed by atoms with Gasteiger partial charge in [0.2, 0.25) is 11.8 Å². The third kappa shape index (κ3) is 2.48. The van der Waals surface area contributed by atoms with E-state index in [4.69, 9.17) is 4.74 Å². The van der Waals surface area contributed by atoms with Crippen molar-refractivity contribution in [2.75, 3.05) is 25.5 Å². The minimum atomic E-state index is -1.60. The topological polar surface area (TPSA) is 113 Å². The Balaban J connectivity index is 1.96. The van der Waals surface area contributed by atoms with Gasteiger partial charge in [0, 0.05) is 44.9 Å². The van der Waals surface area contributed by atoms with Crippen molar-refractivity contribution in [3.63, 3.8) is 0 Å². The first-order chi connectivity index (χ1) is 13.6. The summed E-state index contributed by atoms with van der Waals surface area (Å²) >= 11 is 0. The number of nitro groups is 1. The maximum atomic E-state index is 13.4. The van der Waals surface area contributed by atoms with Crippen molar-refractivity contribution in [3.8, 4) is 0 Å². The van der Waals surface area contributed by atoms with Crippen LogP contribution >= 0.6 is 0 Å². The summed E-state index contributed by atoms with van der Waals surface area (Å²) in [5.41, 5.74) is -0.426. The monoisotopic (exact) mass is 402 g/mol. The molecule has 0 saturated carbocycles. The molecule has 29 heavy (non-hydrogen) atoms. The molecule has 4 amide bonds. The summed E-state index contributed by atoms with van der Waals surface area (Å²) in [5, 5.41) is 11.3. The highest BCUT2D eigenvalue weighted by atomic mass is 16.6. The van der Waals surface area contributed by atoms with Crippen molar-refractivity contribution < 1.29 is 24.0 Å². The second-order valence-corrected chi connectivity index (χ2v) is 7.98. The van der Waals surface area contributed by atoms with E-state index in [1.54, 1.807) is 6.07 Å². The van der Waals surface area contributed by atoms with Crippen molar-refractivity contribution in [2.24, 2.45) is 5.41 Å². The Morgan fingerprint density at radius 1 is 1.14 bits per heavy atom. The van der Waals surface area contributed by atoms with E-state index in [9.17, 15) is 24.5 Å². The van der Waals surface area contributed by atoms with E-state index in [2.05, 4.69) is 0 Å². The van der Waals surface area contributed by atoms with E-state index in [0.717, 1.165) is 15.5 Å². The molecule has 0 radical (unpaired) electrons. The van der Waals surface area contributed by atoms with Gasteiger partial charge in [-0.05, 0) is 25.5 Å². The molecule has 3 aliphatic heterocycles. The van der Waals surface area contributed by atoms with Gasteiger partial charge in [0.1, 0.15) is 0 Å². The molecule has 0 unspecified atom stereocenters. The van der Waals surface area contributed by atoms with Gasteiger partial charge in [0.15, 0.2) is 5.41 Å². The standard InChI is InChI=1S/C19H22N4O6/c1-10-9-22-14-6-5-13(23(27)28)7-12(14)8-19(15(22)11(2)29-10)16(24)20(3)18(26)21(4)17(19)25/h5-7,10-11,15H,8-9H2,1-4H3/t10-,11+,15+/m1/s1. The summed E-state index contributed by atoms with van der Waals surface area (Å²) in [6.07, 6.45) is -0.664. The van der Waals surface area contributed by atoms with Gasteiger partial charge in [-0.3, -0.25) is 29.5 Å². The molecule has 1 aromatic carbocycles. The van der Waals surface area contributed by atoms with Crippen molar-refractivity contribution in [3.05, 3.63) is 33.9 Å². The lowest BCUT2D eigenvalue weighted by Gasteiger charge is -2.57. The highest BCUT2D eigenvalue weighted by Crippen LogP contribution is 2.49. The molecule has 10 nitrogen and oxygen atoms in total. The highest BCUT2D eigenvalue weighted by Gasteiger charge is 2.65. The number of non-ortho nitro benzene ring substituents is 1. The summed E-state index contributed by atoms with van der Waals surface area (Å²) in [4.78, 5) is 53.8. The Labute approximate surface area is 167 Å². The van der Waals surface area contributed by atoms with Gasteiger partial charge in [0.25, 0.3) is 5.69 Å². The van der Waals surface area contributed by atoms with Crippen LogP contribution in [0.4, 0.5) is 16.2 Å². The predicted octanol–water partition coefficient (Wildman–Crippen LogP) is 1.17. The number of fused-ring (bicyclic) bond motifs is 4. The zero-order valence-corrected chi connectivity index (χ0v) is 16.6. The molecular weight excluding hydrogens is 380 g/mol. The lowest BCUT2D eigenvalue weighted by Crippen LogP contribution is -2.75. The number of anilines is 1. The Bertz CT molecular complexity index is 923. The number of urea groups is 1. The first-order valence-corrected chi connectivity index (χ1v) is 9.39. The fraction of sp³-hybridized carbons (Fsp3) is 0.526. The van der Waals surface area contributed by atoms with Gasteiger partial charge in [0.05, 0.1) is 23.2 Å². The number of nitro benzene ring substituents is 1. The first kappa shape index (κ1) is 19.3. The van der Waals surface area contributed by atoms with Crippen LogP contribution in [-0.4, -0.2) is 71.5 Å². The van der Waals surface area contributed by atoms with E-state index >= 15 is 0 Å². The third-order valence-electron chi connectivity index (χ3n) is 6.19. The Morgan fingerprint density at radius 3 is 2.34 bits per heavy atom. The van der Waals surface area contributed by atoms with Crippen molar-refractivity contribution in [2.45, 2.75) is 38.5 Å². The van der Waals surface area contributed by atoms with Crippen molar-refractivity contribution >= 4 is 29.2 Å². The lowest BCUT2D eigenvalue weighted by atomic mass is 9.66. The average molecular weight is 402 g/mol. The molecule has 2 saturated heterocycles. The van der Waals surface area contributed by atoms with E-state index in [1.165, 1.54) is 26.2 Å². The molecule has 3 atom stereocenters. The van der Waals surface area contributed by atoms with Gasteiger partial charge < -0.3 is 9.64 Å². The van der Waals surface area contributed by atoms with Crippen LogP contribution in [0.2, 0.25) is 0 Å². The molecule has 3 aliphatic rings. The second-order valence-electron chi connectivity index (χ2n) is 7.98. The zero-order chi connectivity index (χ0) is 21.2. The Kier molecular flexibility index (Phi) is 4.16. The summed E-state index contributed by atoms with van der Waals surface area (Å²) in [6, 6.07) is 3.17. The van der Waals surface area contributed by atoms with E-state index in [0.29, 0.717) is 12.1 Å². The molecule has 10 heteroatoms. The normalized spacial score (nSPS) is 28.5. The van der Waals surface area contributed by atoms with Crippen LogP contribution < -0.4 is 4.90 Å². The molecular formula is C19H22N4O6. The first-order valence-electron chi connectivity index (χ1n) is 9.39. The molecule has 3 heterocycles. The number of barbiturate groups is 1. The van der Waals surface area contributed by atoms with Crippen molar-refractivity contribution in [1.29, 1.82) is 0 Å². The number of morpholine rings is 1. The van der Waals surface area contributed by atoms with Gasteiger partial charge in [-0.1, -0.05) is 0 Å². The minimum Gasteiger partial charge on any atom is -0.372 e. The van der Waals surface area contributed by atoms with E-state index in [1.807, 2.05) is 18.7 Å². The number of nitrogens with zero attached hydrogens (tertiary/aromatic N) is 4. The average Bonchev–Trinajstić information content (AvgIpc) is 2.68. The smallest absolute Gasteiger partial charge is 0.332 e. The van der Waals surface area contributed by atoms with Crippen molar-refractivity contribution in [1.82, 2.24) is 9.80 Å². The van der Waals surface area contributed by atoms with Crippen LogP contribution in [0.15, 0.2) is 18.2 Å². The molecule has 0 bridgehead atoms. The summed E-state index contributed by atoms with van der Waals surface area (Å²) in [7, 11) is 2.69. The van der Waals surface area contributed by atoms with Crippen LogP contribution in [-0.2, 0) is 20.7 Å². The molecule has 0 aliphatic carbocycles. The quantitative estimate of drug-likeness (QED) is 0.394. The van der Waals surface area contributed by atoms with Crippen LogP contribution in [0, 0.1) is 15.5 Å². The molecule has 154 valence electrons. The molecule has 0 aromatic heterocycles. The Morgan fingerprint density at radius 2 is 1.76 bits per heavy atom. The lowest BCUT2D eigenvalue weighted by molar-refractivity contribution is -0.384. The van der Waals surface area contributed by atoms with Crippen LogP contribution in [0.5, 0.6) is 0 Å². The molecule has 0 N–H and O–H groups in total. The molecule has 1 spiro atoms. The number of imide groups is 2. The number of carbonyl (C=O) groups is 3. The SMILES string of the molecule is C[C@@H]1CN2c3ccc([N+](=O)[O-])cc3CC3(C(=O)N(C)C(=O)N(C)C3=O)[C@@H]2[C@H](C)O1. The summed E-state index contributed by atoms with van der Waals surface area (Å²) in [6.45, 7) is 4.12. The Hall–Kier alpha value is -3.01. The number of hydrogen-bond acceptors (Lipinski definition) is 7. The van der Waals surface area contributed by atoms with Crippen LogP contribution in [0.3, 0.4) is 0 Å². The fourth-order valence-electron chi connectivity index (χ4n) is 5.05. The van der Waals surface area contributed by atoms with Crippen LogP contribution in [0.25, 0.3) is 0 Å². The predicted molar refractivity (Wildman–Crippen MR) is 101 cm³/mol. The zero-order valence-electron chi connectivity index (χ0n) is 16.6. The summed E-state index contributed by atoms with van der Waals surface area (Å²) in [5.74, 6) is -1.22. The fourth-order valence-corrected chi connectivity index (χ4v) is 5.05. The van der Waals surface area contributed by atoms with E-state index < -0.39 is 40.3 Å². The number of ether oxygens (including phenoxy) is 1. The maximum Gasteiger partial charge on any atom is 0.332 e. The largest absolute Gasteiger partial charge is 0.372 e. The second kappa shape index (κ2) is 6.24. The number of carbonyl (C=O) groups excluding carboxylic acids is 3.